The molecule has 2 N–H and O–H groups in total. The lowest BCUT2D eigenvalue weighted by atomic mass is 10.1. The summed E-state index contributed by atoms with van der Waals surface area (Å²) in [4.78, 5) is 4.13. The molecule has 1 aromatic carbocycles. The standard InChI is InChI=1S/C14H16Cl2N2O2/c1-2-10-6-18-14(20-10)8-17-7-13(19)11-5-9(15)3-4-12(11)16/h3-6,13,17,19H,2,7-8H2,1H3. The highest BCUT2D eigenvalue weighted by Crippen LogP contribution is 2.26. The van der Waals surface area contributed by atoms with E-state index in [-0.39, 0.29) is 0 Å². The molecule has 0 saturated heterocycles. The largest absolute Gasteiger partial charge is 0.444 e. The zero-order valence-electron chi connectivity index (χ0n) is 11.1. The van der Waals surface area contributed by atoms with Crippen LogP contribution < -0.4 is 5.32 Å². The van der Waals surface area contributed by atoms with E-state index in [1.807, 2.05) is 6.92 Å². The predicted molar refractivity (Wildman–Crippen MR) is 79.0 cm³/mol. The van der Waals surface area contributed by atoms with Crippen LogP contribution in [0, 0.1) is 0 Å². The summed E-state index contributed by atoms with van der Waals surface area (Å²) in [5.74, 6) is 1.45. The lowest BCUT2D eigenvalue weighted by Crippen LogP contribution is -2.21. The zero-order valence-corrected chi connectivity index (χ0v) is 12.6. The van der Waals surface area contributed by atoms with Crippen molar-refractivity contribution in [2.75, 3.05) is 6.54 Å². The lowest BCUT2D eigenvalue weighted by molar-refractivity contribution is 0.173. The van der Waals surface area contributed by atoms with E-state index in [1.165, 1.54) is 0 Å². The van der Waals surface area contributed by atoms with Gasteiger partial charge in [0.15, 0.2) is 0 Å². The highest BCUT2D eigenvalue weighted by molar-refractivity contribution is 6.33. The first kappa shape index (κ1) is 15.3. The predicted octanol–water partition coefficient (Wildman–Crippen LogP) is 3.37. The minimum absolute atomic E-state index is 0.337. The number of benzene rings is 1. The molecule has 0 fully saturated rings. The number of hydrogen-bond donors (Lipinski definition) is 2. The second kappa shape index (κ2) is 7.09. The number of aliphatic hydroxyl groups excluding tert-OH is 1. The van der Waals surface area contributed by atoms with Gasteiger partial charge in [-0.3, -0.25) is 0 Å². The van der Waals surface area contributed by atoms with Gasteiger partial charge in [0.2, 0.25) is 5.89 Å². The van der Waals surface area contributed by atoms with E-state index in [1.54, 1.807) is 24.4 Å². The Morgan fingerprint density at radius 2 is 2.20 bits per heavy atom. The van der Waals surface area contributed by atoms with Crippen molar-refractivity contribution >= 4 is 23.2 Å². The Kier molecular flexibility index (Phi) is 5.43. The Bertz CT molecular complexity index is 572. The maximum Gasteiger partial charge on any atom is 0.208 e. The van der Waals surface area contributed by atoms with E-state index in [0.717, 1.165) is 12.2 Å². The Morgan fingerprint density at radius 1 is 1.40 bits per heavy atom. The highest BCUT2D eigenvalue weighted by Gasteiger charge is 2.12. The van der Waals surface area contributed by atoms with Crippen LogP contribution in [0.2, 0.25) is 10.0 Å². The highest BCUT2D eigenvalue weighted by atomic mass is 35.5. The lowest BCUT2D eigenvalue weighted by Gasteiger charge is -2.13. The molecular weight excluding hydrogens is 299 g/mol. The quantitative estimate of drug-likeness (QED) is 0.858. The second-order valence-electron chi connectivity index (χ2n) is 4.39. The third kappa shape index (κ3) is 3.96. The topological polar surface area (TPSA) is 58.3 Å². The number of rotatable bonds is 6. The van der Waals surface area contributed by atoms with Crippen molar-refractivity contribution in [3.8, 4) is 0 Å². The Labute approximate surface area is 127 Å². The SMILES string of the molecule is CCc1cnc(CNCC(O)c2cc(Cl)ccc2Cl)o1. The number of nitrogens with one attached hydrogen (secondary N) is 1. The second-order valence-corrected chi connectivity index (χ2v) is 5.23. The molecule has 2 rings (SSSR count). The van der Waals surface area contributed by atoms with Crippen molar-refractivity contribution in [1.82, 2.24) is 10.3 Å². The summed E-state index contributed by atoms with van der Waals surface area (Å²) >= 11 is 11.9. The van der Waals surface area contributed by atoms with Crippen LogP contribution in [0.25, 0.3) is 0 Å². The molecule has 0 aliphatic rings. The van der Waals surface area contributed by atoms with Crippen molar-refractivity contribution in [2.45, 2.75) is 26.0 Å². The summed E-state index contributed by atoms with van der Waals surface area (Å²) in [5, 5.41) is 14.2. The maximum atomic E-state index is 10.1. The number of nitrogens with zero attached hydrogens (tertiary/aromatic N) is 1. The fraction of sp³-hybridized carbons (Fsp3) is 0.357. The van der Waals surface area contributed by atoms with Gasteiger partial charge >= 0.3 is 0 Å². The van der Waals surface area contributed by atoms with Gasteiger partial charge in [0.1, 0.15) is 5.76 Å². The number of oxazole rings is 1. The Morgan fingerprint density at radius 3 is 2.90 bits per heavy atom. The first-order valence-electron chi connectivity index (χ1n) is 6.37. The van der Waals surface area contributed by atoms with Crippen molar-refractivity contribution in [2.24, 2.45) is 0 Å². The Hall–Kier alpha value is -1.07. The molecule has 0 saturated carbocycles. The van der Waals surface area contributed by atoms with Gasteiger partial charge in [-0.15, -0.1) is 0 Å². The zero-order chi connectivity index (χ0) is 14.5. The van der Waals surface area contributed by atoms with Gasteiger partial charge in [-0.2, -0.15) is 0 Å². The number of aromatic nitrogens is 1. The molecule has 20 heavy (non-hydrogen) atoms. The van der Waals surface area contributed by atoms with Crippen molar-refractivity contribution in [3.05, 3.63) is 51.7 Å². The molecule has 0 aliphatic heterocycles. The average molecular weight is 315 g/mol. The van der Waals surface area contributed by atoms with Crippen LogP contribution in [0.15, 0.2) is 28.8 Å². The number of aryl methyl sites for hydroxylation is 1. The van der Waals surface area contributed by atoms with Crippen LogP contribution >= 0.6 is 23.2 Å². The van der Waals surface area contributed by atoms with E-state index in [2.05, 4.69) is 10.3 Å². The molecule has 0 bridgehead atoms. The Balaban J connectivity index is 1.88. The van der Waals surface area contributed by atoms with Crippen LogP contribution in [-0.2, 0) is 13.0 Å². The van der Waals surface area contributed by atoms with Gasteiger partial charge in [0.05, 0.1) is 18.8 Å². The monoisotopic (exact) mass is 314 g/mol. The summed E-state index contributed by atoms with van der Waals surface area (Å²) in [7, 11) is 0. The van der Waals surface area contributed by atoms with Gasteiger partial charge in [0, 0.05) is 28.6 Å². The molecule has 6 heteroatoms. The van der Waals surface area contributed by atoms with Gasteiger partial charge < -0.3 is 14.8 Å². The van der Waals surface area contributed by atoms with Gasteiger partial charge in [0.25, 0.3) is 0 Å². The molecule has 1 heterocycles. The third-order valence-electron chi connectivity index (χ3n) is 2.88. The normalized spacial score (nSPS) is 12.6. The molecule has 1 atom stereocenters. The van der Waals surface area contributed by atoms with Crippen LogP contribution in [-0.4, -0.2) is 16.6 Å². The summed E-state index contributed by atoms with van der Waals surface area (Å²) in [6.07, 6.45) is 1.79. The van der Waals surface area contributed by atoms with Crippen molar-refractivity contribution < 1.29 is 9.52 Å². The average Bonchev–Trinajstić information content (AvgIpc) is 2.89. The smallest absolute Gasteiger partial charge is 0.208 e. The summed E-state index contributed by atoms with van der Waals surface area (Å²) in [5.41, 5.74) is 0.605. The van der Waals surface area contributed by atoms with Crippen LogP contribution in [0.5, 0.6) is 0 Å². The summed E-state index contributed by atoms with van der Waals surface area (Å²) < 4.78 is 5.46. The van der Waals surface area contributed by atoms with E-state index in [4.69, 9.17) is 27.6 Å². The van der Waals surface area contributed by atoms with E-state index in [0.29, 0.717) is 34.6 Å². The van der Waals surface area contributed by atoms with Crippen LogP contribution in [0.3, 0.4) is 0 Å². The van der Waals surface area contributed by atoms with Crippen LogP contribution in [0.1, 0.15) is 30.2 Å². The molecule has 1 aromatic heterocycles. The van der Waals surface area contributed by atoms with Gasteiger partial charge in [-0.25, -0.2) is 4.98 Å². The maximum absolute atomic E-state index is 10.1. The molecule has 4 nitrogen and oxygen atoms in total. The molecule has 1 unspecified atom stereocenters. The number of aliphatic hydroxyl groups is 1. The van der Waals surface area contributed by atoms with Gasteiger partial charge in [-0.05, 0) is 18.2 Å². The molecule has 108 valence electrons. The first-order valence-corrected chi connectivity index (χ1v) is 7.13. The van der Waals surface area contributed by atoms with E-state index >= 15 is 0 Å². The first-order chi connectivity index (χ1) is 9.60. The fourth-order valence-electron chi connectivity index (χ4n) is 1.79. The number of halogens is 2. The van der Waals surface area contributed by atoms with Crippen LogP contribution in [0.4, 0.5) is 0 Å². The third-order valence-corrected chi connectivity index (χ3v) is 3.46. The minimum atomic E-state index is -0.734. The van der Waals surface area contributed by atoms with E-state index < -0.39 is 6.10 Å². The molecule has 2 aromatic rings. The fourth-order valence-corrected chi connectivity index (χ4v) is 2.21. The molecule has 0 radical (unpaired) electrons. The van der Waals surface area contributed by atoms with Crippen molar-refractivity contribution in [3.63, 3.8) is 0 Å². The molecule has 0 aliphatic carbocycles. The minimum Gasteiger partial charge on any atom is -0.444 e. The van der Waals surface area contributed by atoms with Gasteiger partial charge in [-0.1, -0.05) is 30.1 Å². The molecule has 0 amide bonds. The number of hydrogen-bond acceptors (Lipinski definition) is 4. The van der Waals surface area contributed by atoms with E-state index in [9.17, 15) is 5.11 Å². The summed E-state index contributed by atoms with van der Waals surface area (Å²) in [6, 6.07) is 5.02. The molecule has 0 spiro atoms. The summed E-state index contributed by atoms with van der Waals surface area (Å²) in [6.45, 7) is 2.79. The molecular formula is C14H16Cl2N2O2. The van der Waals surface area contributed by atoms with Crippen molar-refractivity contribution in [1.29, 1.82) is 0 Å².